The van der Waals surface area contributed by atoms with Crippen LogP contribution in [0.2, 0.25) is 0 Å². The highest BCUT2D eigenvalue weighted by atomic mass is 16.5. The molecule has 0 saturated carbocycles. The van der Waals surface area contributed by atoms with E-state index in [1.807, 2.05) is 12.1 Å². The molecule has 38 heavy (non-hydrogen) atoms. The Kier molecular flexibility index (Phi) is 7.05. The van der Waals surface area contributed by atoms with Crippen molar-refractivity contribution in [2.24, 2.45) is 0 Å². The Hall–Kier alpha value is -3.41. The van der Waals surface area contributed by atoms with E-state index in [1.165, 1.54) is 44.3 Å². The first-order chi connectivity index (χ1) is 18.6. The van der Waals surface area contributed by atoms with Gasteiger partial charge in [-0.15, -0.1) is 0 Å². The molecule has 4 aliphatic rings. The predicted octanol–water partition coefficient (Wildman–Crippen LogP) is 3.73. The predicted molar refractivity (Wildman–Crippen MR) is 151 cm³/mol. The molecule has 1 aromatic heterocycles. The summed E-state index contributed by atoms with van der Waals surface area (Å²) < 4.78 is 5.50. The van der Waals surface area contributed by atoms with Gasteiger partial charge in [0, 0.05) is 48.4 Å². The van der Waals surface area contributed by atoms with Crippen molar-refractivity contribution in [3.05, 3.63) is 53.2 Å². The molecule has 0 radical (unpaired) electrons. The first kappa shape index (κ1) is 24.9. The minimum Gasteiger partial charge on any atom is -0.467 e. The van der Waals surface area contributed by atoms with Crippen LogP contribution in [-0.2, 0) is 13.0 Å². The minimum atomic E-state index is 0.433. The van der Waals surface area contributed by atoms with Crippen molar-refractivity contribution in [2.45, 2.75) is 50.7 Å². The van der Waals surface area contributed by atoms with Crippen LogP contribution in [0, 0.1) is 11.3 Å². The van der Waals surface area contributed by atoms with Gasteiger partial charge in [0.15, 0.2) is 0 Å². The largest absolute Gasteiger partial charge is 0.467 e. The van der Waals surface area contributed by atoms with Gasteiger partial charge >= 0.3 is 6.01 Å². The Morgan fingerprint density at radius 1 is 0.974 bits per heavy atom. The molecule has 0 spiro atoms. The van der Waals surface area contributed by atoms with Gasteiger partial charge in [0.25, 0.3) is 0 Å². The molecule has 2 bridgehead atoms. The molecule has 0 aliphatic carbocycles. The van der Waals surface area contributed by atoms with Crippen molar-refractivity contribution >= 4 is 22.3 Å². The number of nitrogens with zero attached hydrogens (tertiary/aromatic N) is 6. The standard InChI is InChI=1S/C25H26N6O.C5H11N/c1-32-25-28-21-15-30(22-7-3-5-16-4-2-6-17(12-26)23(16)22)11-10-20(21)24(29-25)31-13-18-8-9-19(14-31)27-18;1-6-4-2-3-5-6/h2-7,18-19,27H,8-11,13-15H2,1H3;2-5H2,1H3. The number of aromatic nitrogens is 2. The zero-order valence-electron chi connectivity index (χ0n) is 22.5. The Labute approximate surface area is 225 Å². The zero-order chi connectivity index (χ0) is 26.1. The summed E-state index contributed by atoms with van der Waals surface area (Å²) in [5.74, 6) is 1.04. The molecule has 1 N–H and O–H groups in total. The second-order valence-corrected chi connectivity index (χ2v) is 11.0. The number of fused-ring (bicyclic) bond motifs is 4. The number of anilines is 2. The SMILES string of the molecule is CN1CCCC1.COc1nc2c(c(N3CC4CCC(C3)N4)n1)CCN(c1cccc3cccc(C#N)c13)C2. The lowest BCUT2D eigenvalue weighted by atomic mass is 9.99. The highest BCUT2D eigenvalue weighted by Crippen LogP contribution is 2.36. The van der Waals surface area contributed by atoms with Gasteiger partial charge in [-0.3, -0.25) is 0 Å². The lowest BCUT2D eigenvalue weighted by molar-refractivity contribution is 0.374. The summed E-state index contributed by atoms with van der Waals surface area (Å²) in [5, 5.41) is 15.5. The lowest BCUT2D eigenvalue weighted by Gasteiger charge is -2.37. The number of rotatable bonds is 3. The number of likely N-dealkylation sites (tertiary alicyclic amines) is 1. The number of hydrogen-bond donors (Lipinski definition) is 1. The second kappa shape index (κ2) is 10.8. The van der Waals surface area contributed by atoms with Crippen LogP contribution in [0.3, 0.4) is 0 Å². The Bertz CT molecular complexity index is 1330. The normalized spacial score (nSPS) is 22.6. The molecule has 198 valence electrons. The molecular formula is C30H37N7O. The molecule has 2 atom stereocenters. The van der Waals surface area contributed by atoms with E-state index in [0.29, 0.717) is 30.2 Å². The number of nitrogens with one attached hydrogen (secondary N) is 1. The lowest BCUT2D eigenvalue weighted by Crippen LogP contribution is -2.52. The molecule has 2 unspecified atom stereocenters. The summed E-state index contributed by atoms with van der Waals surface area (Å²) >= 11 is 0. The van der Waals surface area contributed by atoms with Crippen molar-refractivity contribution in [3.63, 3.8) is 0 Å². The number of piperazine rings is 1. The fraction of sp³-hybridized carbons (Fsp3) is 0.500. The van der Waals surface area contributed by atoms with Gasteiger partial charge in [0.05, 0.1) is 31.0 Å². The van der Waals surface area contributed by atoms with Crippen LogP contribution in [0.1, 0.15) is 42.5 Å². The van der Waals surface area contributed by atoms with Crippen molar-refractivity contribution in [2.75, 3.05) is 56.7 Å². The van der Waals surface area contributed by atoms with Crippen molar-refractivity contribution in [1.29, 1.82) is 5.26 Å². The third-order valence-electron chi connectivity index (χ3n) is 8.39. The summed E-state index contributed by atoms with van der Waals surface area (Å²) in [6.07, 6.45) is 6.18. The van der Waals surface area contributed by atoms with Crippen molar-refractivity contribution in [3.8, 4) is 12.1 Å². The minimum absolute atomic E-state index is 0.433. The van der Waals surface area contributed by atoms with E-state index in [-0.39, 0.29) is 0 Å². The van der Waals surface area contributed by atoms with E-state index in [4.69, 9.17) is 14.7 Å². The average Bonchev–Trinajstić information content (AvgIpc) is 3.58. The van der Waals surface area contributed by atoms with Crippen LogP contribution in [0.15, 0.2) is 36.4 Å². The van der Waals surface area contributed by atoms with E-state index in [0.717, 1.165) is 54.0 Å². The summed E-state index contributed by atoms with van der Waals surface area (Å²) in [5.41, 5.74) is 4.06. The van der Waals surface area contributed by atoms with Gasteiger partial charge in [-0.1, -0.05) is 24.3 Å². The average molecular weight is 512 g/mol. The van der Waals surface area contributed by atoms with Gasteiger partial charge < -0.3 is 24.8 Å². The number of methoxy groups -OCH3 is 1. The first-order valence-electron chi connectivity index (χ1n) is 13.9. The van der Waals surface area contributed by atoms with Crippen LogP contribution >= 0.6 is 0 Å². The maximum atomic E-state index is 9.70. The quantitative estimate of drug-likeness (QED) is 0.570. The summed E-state index contributed by atoms with van der Waals surface area (Å²) in [7, 11) is 3.81. The number of hydrogen-bond acceptors (Lipinski definition) is 8. The first-order valence-corrected chi connectivity index (χ1v) is 13.9. The molecule has 2 aromatic carbocycles. The van der Waals surface area contributed by atoms with E-state index < -0.39 is 0 Å². The Balaban J connectivity index is 0.000000390. The Morgan fingerprint density at radius 2 is 1.71 bits per heavy atom. The van der Waals surface area contributed by atoms with Gasteiger partial charge in [0.2, 0.25) is 0 Å². The van der Waals surface area contributed by atoms with E-state index in [9.17, 15) is 5.26 Å². The zero-order valence-corrected chi connectivity index (χ0v) is 22.5. The van der Waals surface area contributed by atoms with Gasteiger partial charge in [-0.05, 0) is 69.8 Å². The fourth-order valence-corrected chi connectivity index (χ4v) is 6.47. The highest BCUT2D eigenvalue weighted by molar-refractivity contribution is 5.98. The van der Waals surface area contributed by atoms with Gasteiger partial charge in [0.1, 0.15) is 5.82 Å². The second-order valence-electron chi connectivity index (χ2n) is 11.0. The van der Waals surface area contributed by atoms with Crippen LogP contribution in [-0.4, -0.2) is 73.8 Å². The van der Waals surface area contributed by atoms with Crippen molar-refractivity contribution in [1.82, 2.24) is 20.2 Å². The summed E-state index contributed by atoms with van der Waals surface area (Å²) in [4.78, 5) is 16.7. The molecular weight excluding hydrogens is 474 g/mol. The van der Waals surface area contributed by atoms with Crippen LogP contribution < -0.4 is 19.9 Å². The van der Waals surface area contributed by atoms with Gasteiger partial charge in [-0.2, -0.15) is 15.2 Å². The Morgan fingerprint density at radius 3 is 2.37 bits per heavy atom. The molecule has 3 aromatic rings. The maximum Gasteiger partial charge on any atom is 0.318 e. The van der Waals surface area contributed by atoms with E-state index in [1.54, 1.807) is 7.11 Å². The third-order valence-corrected chi connectivity index (χ3v) is 8.39. The molecule has 5 heterocycles. The maximum absolute atomic E-state index is 9.70. The van der Waals surface area contributed by atoms with Crippen LogP contribution in [0.25, 0.3) is 10.8 Å². The van der Waals surface area contributed by atoms with Crippen LogP contribution in [0.4, 0.5) is 11.5 Å². The monoisotopic (exact) mass is 511 g/mol. The molecule has 3 fully saturated rings. The molecule has 4 aliphatic heterocycles. The van der Waals surface area contributed by atoms with Gasteiger partial charge in [-0.25, -0.2) is 0 Å². The number of nitriles is 1. The smallest absolute Gasteiger partial charge is 0.318 e. The topological polar surface area (TPSA) is 80.6 Å². The van der Waals surface area contributed by atoms with E-state index in [2.05, 4.69) is 57.4 Å². The fourth-order valence-electron chi connectivity index (χ4n) is 6.47. The third kappa shape index (κ3) is 4.89. The molecule has 8 nitrogen and oxygen atoms in total. The number of benzene rings is 2. The highest BCUT2D eigenvalue weighted by Gasteiger charge is 2.35. The molecule has 7 rings (SSSR count). The molecule has 3 saturated heterocycles. The summed E-state index contributed by atoms with van der Waals surface area (Å²) in [6.45, 7) is 6.16. The van der Waals surface area contributed by atoms with Crippen LogP contribution in [0.5, 0.6) is 6.01 Å². The number of ether oxygens (including phenoxy) is 1. The summed E-state index contributed by atoms with van der Waals surface area (Å²) in [6, 6.07) is 16.1. The molecule has 0 amide bonds. The van der Waals surface area contributed by atoms with Crippen molar-refractivity contribution < 1.29 is 4.74 Å². The van der Waals surface area contributed by atoms with E-state index >= 15 is 0 Å². The molecule has 8 heteroatoms.